The number of aromatic carboxylic acids is 1. The van der Waals surface area contributed by atoms with Gasteiger partial charge in [-0.25, -0.2) is 14.2 Å². The number of nitrogens with two attached hydrogens (primary N) is 3. The van der Waals surface area contributed by atoms with Gasteiger partial charge in [0.25, 0.3) is 11.5 Å². The highest BCUT2D eigenvalue weighted by atomic mass is 127. The molecule has 0 aliphatic carbocycles. The van der Waals surface area contributed by atoms with Crippen LogP contribution >= 0.6 is 35.0 Å². The Bertz CT molecular complexity index is 2060. The third-order valence-electron chi connectivity index (χ3n) is 8.61. The van der Waals surface area contributed by atoms with Gasteiger partial charge in [0.1, 0.15) is 5.78 Å². The van der Waals surface area contributed by atoms with E-state index < -0.39 is 29.3 Å². The van der Waals surface area contributed by atoms with Crippen molar-refractivity contribution in [1.29, 1.82) is 0 Å². The largest absolute Gasteiger partial charge is 0.478 e. The van der Waals surface area contributed by atoms with Crippen LogP contribution in [-0.4, -0.2) is 60.9 Å². The van der Waals surface area contributed by atoms with Crippen LogP contribution in [0.15, 0.2) is 82.4 Å². The maximum Gasteiger partial charge on any atom is 0.337 e. The smallest absolute Gasteiger partial charge is 0.337 e. The number of nitrogens with zero attached hydrogens (tertiary/aromatic N) is 1. The first-order valence-corrected chi connectivity index (χ1v) is 20.5. The third-order valence-corrected chi connectivity index (χ3v) is 8.61. The number of aromatic nitrogens is 2. The molecule has 0 fully saturated rings. The van der Waals surface area contributed by atoms with Crippen LogP contribution < -0.4 is 33.8 Å². The highest BCUT2D eigenvalue weighted by molar-refractivity contribution is 14.1. The molecule has 3 atom stereocenters. The number of Topliss-reactive ketones (excluding diaryl/α,β-unsaturated/α-hetero) is 3. The Morgan fingerprint density at radius 3 is 1.69 bits per heavy atom. The van der Waals surface area contributed by atoms with E-state index in [1.165, 1.54) is 19.9 Å². The van der Waals surface area contributed by atoms with Crippen molar-refractivity contribution in [3.63, 3.8) is 0 Å². The second-order valence-electron chi connectivity index (χ2n) is 13.2. The number of para-hydroxylation sites is 3. The molecule has 0 bridgehead atoms. The molecule has 0 saturated carbocycles. The van der Waals surface area contributed by atoms with E-state index >= 15 is 0 Å². The number of carboxylic acid groups (broad SMARTS) is 1. The Labute approximate surface area is 368 Å². The van der Waals surface area contributed by atoms with Crippen LogP contribution in [0, 0.1) is 0 Å². The van der Waals surface area contributed by atoms with Gasteiger partial charge in [0, 0.05) is 12.7 Å². The lowest BCUT2D eigenvalue weighted by molar-refractivity contribution is -0.120. The van der Waals surface area contributed by atoms with Crippen molar-refractivity contribution in [2.45, 2.75) is 111 Å². The van der Waals surface area contributed by atoms with Gasteiger partial charge in [-0.15, -0.1) is 12.4 Å². The first-order valence-electron chi connectivity index (χ1n) is 19.7. The maximum atomic E-state index is 12.4. The van der Waals surface area contributed by atoms with Crippen LogP contribution in [0.2, 0.25) is 0 Å². The molecule has 0 aliphatic rings. The number of carbonyl (C=O) groups is 5. The summed E-state index contributed by atoms with van der Waals surface area (Å²) in [4.78, 5) is 83.6. The topological polar surface area (TPSA) is 251 Å². The molecule has 14 nitrogen and oxygen atoms in total. The zero-order valence-corrected chi connectivity index (χ0v) is 37.8. The zero-order valence-electron chi connectivity index (χ0n) is 35.8. The van der Waals surface area contributed by atoms with E-state index in [2.05, 4.69) is 17.2 Å². The number of unbranched alkanes of at least 4 members (excludes halogenated alkanes) is 2. The molecule has 1 amide bonds. The number of benzene rings is 3. The number of aromatic amines is 1. The number of anilines is 2. The predicted octanol–water partition coefficient (Wildman–Crippen LogP) is 7.30. The number of nitrogen functional groups attached to an aromatic ring is 2. The third kappa shape index (κ3) is 20.1. The van der Waals surface area contributed by atoms with E-state index in [0.717, 1.165) is 43.1 Å². The Balaban J connectivity index is 0. The molecular formula is C43H62ClIN6O8. The summed E-state index contributed by atoms with van der Waals surface area (Å²) >= 11 is 1.96. The van der Waals surface area contributed by atoms with Gasteiger partial charge in [-0.05, 0) is 81.3 Å². The van der Waals surface area contributed by atoms with Crippen molar-refractivity contribution in [2.75, 3.05) is 16.4 Å². The van der Waals surface area contributed by atoms with Gasteiger partial charge in [0.05, 0.1) is 40.2 Å². The molecule has 16 heteroatoms. The minimum Gasteiger partial charge on any atom is -0.478 e. The van der Waals surface area contributed by atoms with Gasteiger partial charge in [-0.2, -0.15) is 0 Å². The first kappa shape index (κ1) is 54.1. The number of carboxylic acids is 1. The summed E-state index contributed by atoms with van der Waals surface area (Å²) in [5, 5.41) is 11.6. The van der Waals surface area contributed by atoms with Crippen molar-refractivity contribution in [3.05, 3.63) is 105 Å². The lowest BCUT2D eigenvalue weighted by Crippen LogP contribution is -2.40. The number of amides is 1. The predicted molar refractivity (Wildman–Crippen MR) is 249 cm³/mol. The monoisotopic (exact) mass is 953 g/mol. The average molecular weight is 954 g/mol. The molecule has 3 aromatic carbocycles. The van der Waals surface area contributed by atoms with Crippen LogP contribution in [0.5, 0.6) is 0 Å². The number of carbonyl (C=O) groups excluding carboxylic acids is 4. The standard InChI is InChI=1S/C15H18N2O3.C13H18N2O2.C7H7NO2.C7H15NO.CH3I.ClH/c1-3-4-9-13(10(2)18)17-14(19)11-7-5-6-8-12(11)16-15(17)20;1-3-6-12(9(2)16)15-13(17)10-7-4-5-8-11(10)14;8-6-4-2-1-3-5(6)7(9)10;1-3-4-5-7(8)6(2)9;1-2;/h5-8,13H,3-4,9H2,1-2H3,(H,16,20);4-5,7-8,12H,3,6,14H2,1-2H3,(H,15,17);1-4H,8H2,(H,9,10);7H,3-5,8H2,1-2H3;1H3;1H/t13-;12-;;7-;;/m00.0../s1/i;;;;1D;. The van der Waals surface area contributed by atoms with E-state index in [-0.39, 0.29) is 47.3 Å². The van der Waals surface area contributed by atoms with Crippen molar-refractivity contribution >= 4 is 86.5 Å². The van der Waals surface area contributed by atoms with Gasteiger partial charge < -0.3 is 32.6 Å². The molecule has 0 radical (unpaired) electrons. The minimum atomic E-state index is -0.988. The van der Waals surface area contributed by atoms with E-state index in [9.17, 15) is 33.6 Å². The minimum absolute atomic E-state index is 0. The van der Waals surface area contributed by atoms with Crippen LogP contribution in [-0.2, 0) is 14.4 Å². The van der Waals surface area contributed by atoms with E-state index in [0.29, 0.717) is 45.6 Å². The number of H-pyrrole nitrogens is 1. The SMILES string of the molecule is CCCC[C@@H](C(C)=O)n1c(=O)[nH]c2ccccc2c1=O.CCCC[C@H](N)C(C)=O.CCC[C@H](NC(=O)c1ccccc1N)C(C)=O.Cl.Nc1ccccc1C(=O)O.[2H]CI. The second kappa shape index (κ2) is 31.1. The van der Waals surface area contributed by atoms with Gasteiger partial charge in [-0.3, -0.25) is 24.0 Å². The molecular weight excluding hydrogens is 891 g/mol. The van der Waals surface area contributed by atoms with Gasteiger partial charge >= 0.3 is 11.7 Å². The van der Waals surface area contributed by atoms with Crippen molar-refractivity contribution in [1.82, 2.24) is 14.9 Å². The summed E-state index contributed by atoms with van der Waals surface area (Å²) < 4.78 is 7.25. The van der Waals surface area contributed by atoms with Crippen LogP contribution in [0.1, 0.15) is 121 Å². The van der Waals surface area contributed by atoms with Crippen LogP contribution in [0.25, 0.3) is 10.9 Å². The Morgan fingerprint density at radius 2 is 1.25 bits per heavy atom. The number of ketones is 3. The number of fused-ring (bicyclic) bond motifs is 1. The molecule has 0 spiro atoms. The van der Waals surface area contributed by atoms with Gasteiger partial charge in [-0.1, -0.05) is 112 Å². The molecule has 0 saturated heterocycles. The summed E-state index contributed by atoms with van der Waals surface area (Å²) in [7, 11) is 0. The fraction of sp³-hybridized carbons (Fsp3) is 0.419. The average Bonchev–Trinajstić information content (AvgIpc) is 3.19. The number of hydrogen-bond donors (Lipinski definition) is 6. The summed E-state index contributed by atoms with van der Waals surface area (Å²) in [5.74, 6) is -1.38. The molecule has 9 N–H and O–H groups in total. The lowest BCUT2D eigenvalue weighted by Gasteiger charge is -2.16. The van der Waals surface area contributed by atoms with Crippen molar-refractivity contribution in [3.8, 4) is 0 Å². The summed E-state index contributed by atoms with van der Waals surface area (Å²) in [6, 6.07) is 18.7. The Kier molecular flexibility index (Phi) is 28.5. The van der Waals surface area contributed by atoms with Gasteiger partial charge in [0.2, 0.25) is 0 Å². The quantitative estimate of drug-likeness (QED) is 0.0392. The highest BCUT2D eigenvalue weighted by Crippen LogP contribution is 2.15. The van der Waals surface area contributed by atoms with E-state index in [1.807, 2.05) is 36.4 Å². The molecule has 1 heterocycles. The lowest BCUT2D eigenvalue weighted by atomic mass is 10.1. The van der Waals surface area contributed by atoms with Crippen LogP contribution in [0.4, 0.5) is 11.4 Å². The van der Waals surface area contributed by atoms with Gasteiger partial charge in [0.15, 0.2) is 11.6 Å². The Hall–Kier alpha value is -4.87. The molecule has 1 aromatic heterocycles. The molecule has 4 aromatic rings. The maximum absolute atomic E-state index is 12.4. The number of nitrogens with one attached hydrogen (secondary N) is 2. The summed E-state index contributed by atoms with van der Waals surface area (Å²) in [5.41, 5.74) is 17.4. The van der Waals surface area contributed by atoms with E-state index in [4.69, 9.17) is 23.7 Å². The molecule has 4 rings (SSSR count). The van der Waals surface area contributed by atoms with Crippen LogP contribution in [0.3, 0.4) is 0 Å². The normalized spacial score (nSPS) is 11.6. The summed E-state index contributed by atoms with van der Waals surface area (Å²) in [6.07, 6.45) is 6.70. The Morgan fingerprint density at radius 1 is 0.763 bits per heavy atom. The summed E-state index contributed by atoms with van der Waals surface area (Å²) in [6.45, 7) is 10.5. The number of halogens is 2. The fourth-order valence-electron chi connectivity index (χ4n) is 5.30. The number of rotatable bonds is 15. The number of alkyl halides is 1. The first-order chi connectivity index (χ1) is 27.9. The fourth-order valence-corrected chi connectivity index (χ4v) is 5.30. The highest BCUT2D eigenvalue weighted by Gasteiger charge is 2.21. The second-order valence-corrected chi connectivity index (χ2v) is 13.2. The van der Waals surface area contributed by atoms with Crippen molar-refractivity contribution in [2.24, 2.45) is 5.73 Å². The molecule has 0 unspecified atom stereocenters. The number of hydrogen-bond acceptors (Lipinski definition) is 10. The van der Waals surface area contributed by atoms with Crippen molar-refractivity contribution < 1.29 is 30.4 Å². The molecule has 59 heavy (non-hydrogen) atoms. The molecule has 326 valence electrons. The van der Waals surface area contributed by atoms with E-state index in [1.54, 1.807) is 73.7 Å². The molecule has 0 aliphatic heterocycles. The zero-order chi connectivity index (χ0) is 45.1.